The molecular weight excluding hydrogens is 275 g/mol. The average molecular weight is 289 g/mol. The second-order valence-corrected chi connectivity index (χ2v) is 4.58. The number of alkyl halides is 3. The Hall–Kier alpha value is -1.83. The van der Waals surface area contributed by atoms with Gasteiger partial charge < -0.3 is 10.0 Å². The van der Waals surface area contributed by atoms with E-state index >= 15 is 0 Å². The first-order chi connectivity index (χ1) is 9.37. The highest BCUT2D eigenvalue weighted by atomic mass is 19.4. The third-order valence-corrected chi connectivity index (χ3v) is 3.15. The zero-order chi connectivity index (χ0) is 14.8. The van der Waals surface area contributed by atoms with Crippen LogP contribution in [0.4, 0.5) is 18.9 Å². The van der Waals surface area contributed by atoms with Crippen LogP contribution in [0.1, 0.15) is 10.4 Å². The summed E-state index contributed by atoms with van der Waals surface area (Å²) in [7, 11) is 0. The van der Waals surface area contributed by atoms with E-state index in [0.29, 0.717) is 18.8 Å². The van der Waals surface area contributed by atoms with Crippen LogP contribution in [0.2, 0.25) is 0 Å². The summed E-state index contributed by atoms with van der Waals surface area (Å²) in [4.78, 5) is 18.1. The molecule has 8 heteroatoms. The van der Waals surface area contributed by atoms with Crippen LogP contribution in [-0.4, -0.2) is 59.9 Å². The summed E-state index contributed by atoms with van der Waals surface area (Å²) in [5, 5.41) is 9.09. The molecule has 1 N–H and O–H groups in total. The van der Waals surface area contributed by atoms with Gasteiger partial charge in [-0.25, -0.2) is 4.79 Å². The molecule has 1 aromatic rings. The molecule has 0 aliphatic carbocycles. The highest BCUT2D eigenvalue weighted by Crippen LogP contribution is 2.22. The second kappa shape index (κ2) is 5.66. The number of carboxylic acids is 1. The van der Waals surface area contributed by atoms with Crippen LogP contribution in [0.5, 0.6) is 0 Å². The van der Waals surface area contributed by atoms with E-state index in [0.717, 1.165) is 0 Å². The fraction of sp³-hybridized carbons (Fsp3) is 0.500. The number of anilines is 1. The number of carbonyl (C=O) groups is 1. The van der Waals surface area contributed by atoms with Crippen LogP contribution in [-0.2, 0) is 0 Å². The van der Waals surface area contributed by atoms with Gasteiger partial charge in [0.05, 0.1) is 24.0 Å². The van der Waals surface area contributed by atoms with E-state index < -0.39 is 18.7 Å². The molecule has 0 aromatic carbocycles. The van der Waals surface area contributed by atoms with E-state index in [1.165, 1.54) is 23.4 Å². The van der Waals surface area contributed by atoms with Crippen LogP contribution in [0.25, 0.3) is 0 Å². The van der Waals surface area contributed by atoms with Gasteiger partial charge in [0.2, 0.25) is 0 Å². The van der Waals surface area contributed by atoms with Crippen molar-refractivity contribution in [2.24, 2.45) is 0 Å². The molecule has 5 nitrogen and oxygen atoms in total. The fourth-order valence-corrected chi connectivity index (χ4v) is 2.22. The van der Waals surface area contributed by atoms with Crippen molar-refractivity contribution in [3.8, 4) is 0 Å². The lowest BCUT2D eigenvalue weighted by Gasteiger charge is -2.36. The van der Waals surface area contributed by atoms with Crippen molar-refractivity contribution >= 4 is 11.7 Å². The van der Waals surface area contributed by atoms with Crippen LogP contribution in [0, 0.1) is 0 Å². The first-order valence-electron chi connectivity index (χ1n) is 6.08. The Kier molecular flexibility index (Phi) is 4.12. The van der Waals surface area contributed by atoms with Crippen LogP contribution in [0.15, 0.2) is 18.5 Å². The highest BCUT2D eigenvalue weighted by molar-refractivity contribution is 5.94. The van der Waals surface area contributed by atoms with Gasteiger partial charge in [-0.1, -0.05) is 0 Å². The van der Waals surface area contributed by atoms with Crippen molar-refractivity contribution in [3.05, 3.63) is 24.0 Å². The first-order valence-corrected chi connectivity index (χ1v) is 6.08. The predicted octanol–water partition coefficient (Wildman–Crippen LogP) is 1.46. The van der Waals surface area contributed by atoms with Crippen LogP contribution in [0.3, 0.4) is 0 Å². The van der Waals surface area contributed by atoms with E-state index in [1.54, 1.807) is 4.90 Å². The van der Waals surface area contributed by atoms with Gasteiger partial charge in [-0.3, -0.25) is 9.88 Å². The molecule has 0 bridgehead atoms. The minimum Gasteiger partial charge on any atom is -0.478 e. The Balaban J connectivity index is 2.03. The largest absolute Gasteiger partial charge is 0.478 e. The monoisotopic (exact) mass is 289 g/mol. The SMILES string of the molecule is O=C(O)c1ccncc1N1CCN(CC(F)(F)F)CC1. The molecule has 0 radical (unpaired) electrons. The van der Waals surface area contributed by atoms with Gasteiger partial charge in [0.1, 0.15) is 0 Å². The minimum absolute atomic E-state index is 0.115. The maximum absolute atomic E-state index is 12.3. The number of aromatic carboxylic acids is 1. The Morgan fingerprint density at radius 3 is 2.50 bits per heavy atom. The number of hydrogen-bond donors (Lipinski definition) is 1. The molecule has 1 aromatic heterocycles. The van der Waals surface area contributed by atoms with Gasteiger partial charge in [-0.05, 0) is 6.07 Å². The molecular formula is C12H14F3N3O2. The van der Waals surface area contributed by atoms with E-state index in [9.17, 15) is 18.0 Å². The smallest absolute Gasteiger partial charge is 0.401 e. The molecule has 20 heavy (non-hydrogen) atoms. The van der Waals surface area contributed by atoms with Crippen LogP contribution < -0.4 is 4.90 Å². The number of rotatable bonds is 3. The van der Waals surface area contributed by atoms with Crippen molar-refractivity contribution in [2.45, 2.75) is 6.18 Å². The summed E-state index contributed by atoms with van der Waals surface area (Å²) in [6.07, 6.45) is -1.39. The molecule has 1 aliphatic rings. The van der Waals surface area contributed by atoms with Crippen molar-refractivity contribution in [1.82, 2.24) is 9.88 Å². The van der Waals surface area contributed by atoms with Gasteiger partial charge in [0.25, 0.3) is 0 Å². The minimum atomic E-state index is -4.21. The molecule has 0 amide bonds. The zero-order valence-electron chi connectivity index (χ0n) is 10.6. The van der Waals surface area contributed by atoms with Crippen molar-refractivity contribution in [3.63, 3.8) is 0 Å². The summed E-state index contributed by atoms with van der Waals surface area (Å²) in [6.45, 7) is 0.255. The molecule has 1 saturated heterocycles. The van der Waals surface area contributed by atoms with Gasteiger partial charge in [-0.2, -0.15) is 13.2 Å². The summed E-state index contributed by atoms with van der Waals surface area (Å²) in [5.74, 6) is -1.07. The predicted molar refractivity (Wildman–Crippen MR) is 65.9 cm³/mol. The normalized spacial score (nSPS) is 17.2. The van der Waals surface area contributed by atoms with E-state index in [2.05, 4.69) is 4.98 Å². The Morgan fingerprint density at radius 1 is 1.30 bits per heavy atom. The summed E-state index contributed by atoms with van der Waals surface area (Å²) < 4.78 is 36.9. The average Bonchev–Trinajstić information content (AvgIpc) is 2.38. The number of nitrogens with zero attached hydrogens (tertiary/aromatic N) is 3. The Labute approximate surface area is 113 Å². The zero-order valence-corrected chi connectivity index (χ0v) is 10.6. The topological polar surface area (TPSA) is 56.7 Å². The second-order valence-electron chi connectivity index (χ2n) is 4.58. The van der Waals surface area contributed by atoms with Crippen molar-refractivity contribution in [2.75, 3.05) is 37.6 Å². The Morgan fingerprint density at radius 2 is 1.95 bits per heavy atom. The van der Waals surface area contributed by atoms with Gasteiger partial charge in [0, 0.05) is 32.4 Å². The first kappa shape index (κ1) is 14.6. The maximum Gasteiger partial charge on any atom is 0.401 e. The maximum atomic E-state index is 12.3. The lowest BCUT2D eigenvalue weighted by atomic mass is 10.2. The van der Waals surface area contributed by atoms with E-state index in [4.69, 9.17) is 5.11 Å². The van der Waals surface area contributed by atoms with Crippen molar-refractivity contribution < 1.29 is 23.1 Å². The van der Waals surface area contributed by atoms with Crippen LogP contribution >= 0.6 is 0 Å². The third kappa shape index (κ3) is 3.60. The number of pyridine rings is 1. The number of halogens is 3. The molecule has 0 atom stereocenters. The summed E-state index contributed by atoms with van der Waals surface area (Å²) in [5.41, 5.74) is 0.566. The number of piperazine rings is 1. The Bertz CT molecular complexity index is 485. The summed E-state index contributed by atoms with van der Waals surface area (Å²) in [6, 6.07) is 1.39. The third-order valence-electron chi connectivity index (χ3n) is 3.15. The molecule has 0 unspecified atom stereocenters. The molecule has 1 fully saturated rings. The lowest BCUT2D eigenvalue weighted by Crippen LogP contribution is -2.49. The number of hydrogen-bond acceptors (Lipinski definition) is 4. The van der Waals surface area contributed by atoms with E-state index in [1.807, 2.05) is 0 Å². The molecule has 1 aliphatic heterocycles. The lowest BCUT2D eigenvalue weighted by molar-refractivity contribution is -0.146. The molecule has 2 rings (SSSR count). The molecule has 0 spiro atoms. The van der Waals surface area contributed by atoms with Gasteiger partial charge in [-0.15, -0.1) is 0 Å². The summed E-state index contributed by atoms with van der Waals surface area (Å²) >= 11 is 0. The molecule has 110 valence electrons. The highest BCUT2D eigenvalue weighted by Gasteiger charge is 2.32. The standard InChI is InChI=1S/C12H14F3N3O2/c13-12(14,15)8-17-3-5-18(6-4-17)10-7-16-2-1-9(10)11(19)20/h1-2,7H,3-6,8H2,(H,19,20). The molecule has 0 saturated carbocycles. The van der Waals surface area contributed by atoms with Crippen molar-refractivity contribution in [1.29, 1.82) is 0 Å². The number of carboxylic acid groups (broad SMARTS) is 1. The van der Waals surface area contributed by atoms with E-state index in [-0.39, 0.29) is 18.7 Å². The fourth-order valence-electron chi connectivity index (χ4n) is 2.22. The molecule has 2 heterocycles. The van der Waals surface area contributed by atoms with Gasteiger partial charge >= 0.3 is 12.1 Å². The number of aromatic nitrogens is 1. The quantitative estimate of drug-likeness (QED) is 0.913. The van der Waals surface area contributed by atoms with Gasteiger partial charge in [0.15, 0.2) is 0 Å².